The molecule has 4 nitrogen and oxygen atoms in total. The first-order valence-corrected chi connectivity index (χ1v) is 7.17. The molecule has 0 aromatic heterocycles. The van der Waals surface area contributed by atoms with Gasteiger partial charge < -0.3 is 9.84 Å². The van der Waals surface area contributed by atoms with Crippen LogP contribution in [-0.4, -0.2) is 36.2 Å². The van der Waals surface area contributed by atoms with E-state index in [0.717, 1.165) is 36.3 Å². The lowest BCUT2D eigenvalue weighted by molar-refractivity contribution is -0.143. The summed E-state index contributed by atoms with van der Waals surface area (Å²) in [6, 6.07) is 3.78. The summed E-state index contributed by atoms with van der Waals surface area (Å²) in [6.45, 7) is 4.14. The second-order valence-electron chi connectivity index (χ2n) is 5.33. The number of hydrogen-bond donors (Lipinski definition) is 1. The lowest BCUT2D eigenvalue weighted by Gasteiger charge is -2.31. The van der Waals surface area contributed by atoms with Gasteiger partial charge in [-0.3, -0.25) is 9.69 Å². The van der Waals surface area contributed by atoms with E-state index in [0.29, 0.717) is 18.1 Å². The first kappa shape index (κ1) is 15.1. The van der Waals surface area contributed by atoms with E-state index in [1.54, 1.807) is 7.11 Å². The highest BCUT2D eigenvalue weighted by molar-refractivity contribution is 6.30. The van der Waals surface area contributed by atoms with Gasteiger partial charge in [-0.15, -0.1) is 0 Å². The molecule has 1 atom stereocenters. The van der Waals surface area contributed by atoms with Crippen molar-refractivity contribution < 1.29 is 14.6 Å². The number of nitrogens with zero attached hydrogens (tertiary/aromatic N) is 1. The molecule has 1 aromatic rings. The lowest BCUT2D eigenvalue weighted by atomic mass is 9.97. The Balaban J connectivity index is 2.15. The van der Waals surface area contributed by atoms with E-state index in [2.05, 4.69) is 4.90 Å². The van der Waals surface area contributed by atoms with Crippen molar-refractivity contribution in [3.05, 3.63) is 28.3 Å². The van der Waals surface area contributed by atoms with Crippen LogP contribution in [0, 0.1) is 12.8 Å². The highest BCUT2D eigenvalue weighted by Crippen LogP contribution is 2.29. The van der Waals surface area contributed by atoms with Gasteiger partial charge in [0.15, 0.2) is 0 Å². The van der Waals surface area contributed by atoms with Crippen molar-refractivity contribution in [2.24, 2.45) is 5.92 Å². The Labute approximate surface area is 124 Å². The van der Waals surface area contributed by atoms with Crippen LogP contribution < -0.4 is 4.74 Å². The van der Waals surface area contributed by atoms with Crippen molar-refractivity contribution in [1.29, 1.82) is 0 Å². The second kappa shape index (κ2) is 6.46. The molecule has 1 fully saturated rings. The maximum Gasteiger partial charge on any atom is 0.307 e. The summed E-state index contributed by atoms with van der Waals surface area (Å²) in [7, 11) is 1.65. The van der Waals surface area contributed by atoms with Crippen molar-refractivity contribution in [2.45, 2.75) is 26.3 Å². The first-order valence-electron chi connectivity index (χ1n) is 6.79. The Hall–Kier alpha value is -1.26. The van der Waals surface area contributed by atoms with Crippen molar-refractivity contribution in [2.75, 3.05) is 20.2 Å². The Kier molecular flexibility index (Phi) is 4.89. The summed E-state index contributed by atoms with van der Waals surface area (Å²) in [5.74, 6) is -0.134. The maximum absolute atomic E-state index is 11.1. The van der Waals surface area contributed by atoms with Gasteiger partial charge in [0.05, 0.1) is 13.0 Å². The number of carboxylic acids is 1. The Morgan fingerprint density at radius 1 is 1.55 bits per heavy atom. The number of ether oxygens (including phenoxy) is 1. The predicted octanol–water partition coefficient (Wildman–Crippen LogP) is 2.95. The molecular formula is C15H20ClNO3. The molecule has 0 saturated carbocycles. The van der Waals surface area contributed by atoms with E-state index in [4.69, 9.17) is 21.4 Å². The average molecular weight is 298 g/mol. The molecule has 20 heavy (non-hydrogen) atoms. The highest BCUT2D eigenvalue weighted by atomic mass is 35.5. The van der Waals surface area contributed by atoms with Crippen molar-refractivity contribution in [3.63, 3.8) is 0 Å². The summed E-state index contributed by atoms with van der Waals surface area (Å²) < 4.78 is 5.45. The number of hydrogen-bond acceptors (Lipinski definition) is 3. The number of methoxy groups -OCH3 is 1. The monoisotopic (exact) mass is 297 g/mol. The number of halogens is 1. The summed E-state index contributed by atoms with van der Waals surface area (Å²) in [5.41, 5.74) is 2.02. The fourth-order valence-corrected chi connectivity index (χ4v) is 3.15. The molecule has 1 unspecified atom stereocenters. The molecule has 1 N–H and O–H groups in total. The number of carbonyl (C=O) groups is 1. The second-order valence-corrected chi connectivity index (χ2v) is 5.76. The van der Waals surface area contributed by atoms with Crippen LogP contribution in [0.15, 0.2) is 12.1 Å². The summed E-state index contributed by atoms with van der Waals surface area (Å²) in [5, 5.41) is 9.82. The molecule has 0 aliphatic carbocycles. The molecule has 0 spiro atoms. The molecule has 1 aromatic carbocycles. The van der Waals surface area contributed by atoms with Gasteiger partial charge >= 0.3 is 5.97 Å². The van der Waals surface area contributed by atoms with Gasteiger partial charge in [0.1, 0.15) is 5.75 Å². The van der Waals surface area contributed by atoms with Crippen LogP contribution in [0.4, 0.5) is 0 Å². The number of benzene rings is 1. The van der Waals surface area contributed by atoms with E-state index in [-0.39, 0.29) is 5.92 Å². The molecule has 0 bridgehead atoms. The SMILES string of the molecule is COc1c(C)cc(Cl)cc1CN1CCCC(C(=O)O)C1. The normalized spacial score (nSPS) is 19.9. The zero-order chi connectivity index (χ0) is 14.7. The number of carboxylic acid groups (broad SMARTS) is 1. The van der Waals surface area contributed by atoms with Gasteiger partial charge in [-0.25, -0.2) is 0 Å². The quantitative estimate of drug-likeness (QED) is 0.928. The van der Waals surface area contributed by atoms with Crippen LogP contribution in [0.1, 0.15) is 24.0 Å². The minimum absolute atomic E-state index is 0.268. The zero-order valence-corrected chi connectivity index (χ0v) is 12.6. The summed E-state index contributed by atoms with van der Waals surface area (Å²) in [6.07, 6.45) is 1.68. The Morgan fingerprint density at radius 3 is 2.95 bits per heavy atom. The predicted molar refractivity (Wildman–Crippen MR) is 78.4 cm³/mol. The van der Waals surface area contributed by atoms with Crippen LogP contribution in [0.25, 0.3) is 0 Å². The maximum atomic E-state index is 11.1. The van der Waals surface area contributed by atoms with Gasteiger partial charge in [0.2, 0.25) is 0 Å². The fourth-order valence-electron chi connectivity index (χ4n) is 2.85. The smallest absolute Gasteiger partial charge is 0.307 e. The third-order valence-corrected chi connectivity index (χ3v) is 3.99. The lowest BCUT2D eigenvalue weighted by Crippen LogP contribution is -2.38. The molecule has 0 amide bonds. The Morgan fingerprint density at radius 2 is 2.30 bits per heavy atom. The molecule has 0 radical (unpaired) electrons. The minimum Gasteiger partial charge on any atom is -0.496 e. The number of aliphatic carboxylic acids is 1. The van der Waals surface area contributed by atoms with Crippen LogP contribution in [0.3, 0.4) is 0 Å². The van der Waals surface area contributed by atoms with Gasteiger partial charge in [0, 0.05) is 23.7 Å². The summed E-state index contributed by atoms with van der Waals surface area (Å²) in [4.78, 5) is 13.3. The molecule has 2 rings (SSSR count). The van der Waals surface area contributed by atoms with Crippen LogP contribution in [-0.2, 0) is 11.3 Å². The standard InChI is InChI=1S/C15H20ClNO3/c1-10-6-13(16)7-12(14(10)20-2)9-17-5-3-4-11(8-17)15(18)19/h6-7,11H,3-5,8-9H2,1-2H3,(H,18,19). The molecule has 110 valence electrons. The average Bonchev–Trinajstić information content (AvgIpc) is 2.38. The zero-order valence-electron chi connectivity index (χ0n) is 11.9. The number of likely N-dealkylation sites (tertiary alicyclic amines) is 1. The van der Waals surface area contributed by atoms with Gasteiger partial charge in [0.25, 0.3) is 0 Å². The Bertz CT molecular complexity index is 504. The van der Waals surface area contributed by atoms with Crippen LogP contribution >= 0.6 is 11.6 Å². The third-order valence-electron chi connectivity index (χ3n) is 3.77. The molecule has 1 saturated heterocycles. The highest BCUT2D eigenvalue weighted by Gasteiger charge is 2.26. The molecular weight excluding hydrogens is 278 g/mol. The van der Waals surface area contributed by atoms with Gasteiger partial charge in [-0.05, 0) is 44.0 Å². The topological polar surface area (TPSA) is 49.8 Å². The largest absolute Gasteiger partial charge is 0.496 e. The number of rotatable bonds is 4. The van der Waals surface area contributed by atoms with Gasteiger partial charge in [-0.1, -0.05) is 11.6 Å². The van der Waals surface area contributed by atoms with E-state index in [9.17, 15) is 4.79 Å². The molecule has 1 aliphatic rings. The van der Waals surface area contributed by atoms with Crippen molar-refractivity contribution in [1.82, 2.24) is 4.90 Å². The van der Waals surface area contributed by atoms with Crippen molar-refractivity contribution >= 4 is 17.6 Å². The minimum atomic E-state index is -0.705. The van der Waals surface area contributed by atoms with Crippen LogP contribution in [0.2, 0.25) is 5.02 Å². The van der Waals surface area contributed by atoms with E-state index in [1.165, 1.54) is 0 Å². The number of aryl methyl sites for hydroxylation is 1. The number of piperidine rings is 1. The molecule has 1 heterocycles. The van der Waals surface area contributed by atoms with E-state index in [1.807, 2.05) is 19.1 Å². The summed E-state index contributed by atoms with van der Waals surface area (Å²) >= 11 is 6.11. The molecule has 1 aliphatic heterocycles. The van der Waals surface area contributed by atoms with Gasteiger partial charge in [-0.2, -0.15) is 0 Å². The van der Waals surface area contributed by atoms with Crippen molar-refractivity contribution in [3.8, 4) is 5.75 Å². The first-order chi connectivity index (χ1) is 9.51. The third kappa shape index (κ3) is 3.44. The molecule has 5 heteroatoms. The van der Waals surface area contributed by atoms with E-state index < -0.39 is 5.97 Å². The van der Waals surface area contributed by atoms with Crippen LogP contribution in [0.5, 0.6) is 5.75 Å². The fraction of sp³-hybridized carbons (Fsp3) is 0.533. The van der Waals surface area contributed by atoms with E-state index >= 15 is 0 Å².